The number of aromatic carboxylic acids is 1. The Hall–Kier alpha value is -3.76. The molecule has 170 valence electrons. The number of nitrogens with zero attached hydrogens (tertiary/aromatic N) is 3. The summed E-state index contributed by atoms with van der Waals surface area (Å²) in [6.45, 7) is 0. The summed E-state index contributed by atoms with van der Waals surface area (Å²) >= 11 is 4.49. The van der Waals surface area contributed by atoms with Gasteiger partial charge in [0, 0.05) is 10.0 Å². The molecule has 2 N–H and O–H groups in total. The minimum absolute atomic E-state index is 0.0563. The van der Waals surface area contributed by atoms with E-state index in [1.807, 2.05) is 12.1 Å². The topological polar surface area (TPSA) is 114 Å². The van der Waals surface area contributed by atoms with E-state index in [9.17, 15) is 19.5 Å². The molecule has 4 aromatic rings. The second-order valence-electron chi connectivity index (χ2n) is 7.00. The number of carboxylic acids is 1. The summed E-state index contributed by atoms with van der Waals surface area (Å²) in [5.74, 6) is -1.57. The molecule has 3 aromatic carbocycles. The van der Waals surface area contributed by atoms with Crippen LogP contribution in [0.2, 0.25) is 0 Å². The van der Waals surface area contributed by atoms with Gasteiger partial charge in [-0.1, -0.05) is 58.0 Å². The molecular formula is C24H17BrN4O4S. The van der Waals surface area contributed by atoms with Crippen molar-refractivity contribution in [2.45, 2.75) is 5.16 Å². The van der Waals surface area contributed by atoms with Crippen LogP contribution >= 0.6 is 27.7 Å². The second-order valence-corrected chi connectivity index (χ2v) is 8.86. The molecule has 0 saturated heterocycles. The molecular weight excluding hydrogens is 520 g/mol. The summed E-state index contributed by atoms with van der Waals surface area (Å²) in [4.78, 5) is 41.5. The molecule has 1 aromatic heterocycles. The third-order valence-electron chi connectivity index (χ3n) is 4.75. The highest BCUT2D eigenvalue weighted by molar-refractivity contribution is 9.10. The number of nitrogens with one attached hydrogen (secondary N) is 1. The first kappa shape index (κ1) is 23.4. The number of halogens is 1. The van der Waals surface area contributed by atoms with Gasteiger partial charge < -0.3 is 5.11 Å². The Kier molecular flexibility index (Phi) is 7.19. The Bertz CT molecular complexity index is 1470. The van der Waals surface area contributed by atoms with Gasteiger partial charge in [-0.05, 0) is 42.5 Å². The van der Waals surface area contributed by atoms with Gasteiger partial charge >= 0.3 is 5.97 Å². The Morgan fingerprint density at radius 1 is 1.06 bits per heavy atom. The zero-order valence-electron chi connectivity index (χ0n) is 17.5. The predicted molar refractivity (Wildman–Crippen MR) is 135 cm³/mol. The lowest BCUT2D eigenvalue weighted by Gasteiger charge is -2.13. The molecule has 0 spiro atoms. The van der Waals surface area contributed by atoms with Gasteiger partial charge in [0.05, 0.1) is 34.1 Å². The quantitative estimate of drug-likeness (QED) is 0.159. The van der Waals surface area contributed by atoms with Crippen LogP contribution in [0.15, 0.2) is 92.3 Å². The van der Waals surface area contributed by atoms with Crippen molar-refractivity contribution in [1.29, 1.82) is 0 Å². The largest absolute Gasteiger partial charge is 0.478 e. The summed E-state index contributed by atoms with van der Waals surface area (Å²) < 4.78 is 2.34. The van der Waals surface area contributed by atoms with Gasteiger partial charge in [-0.15, -0.1) is 0 Å². The van der Waals surface area contributed by atoms with E-state index in [4.69, 9.17) is 0 Å². The summed E-state index contributed by atoms with van der Waals surface area (Å²) in [5.41, 5.74) is 3.74. The smallest absolute Gasteiger partial charge is 0.336 e. The van der Waals surface area contributed by atoms with Crippen molar-refractivity contribution >= 4 is 56.7 Å². The molecule has 34 heavy (non-hydrogen) atoms. The molecule has 0 unspecified atom stereocenters. The number of hydrogen-bond donors (Lipinski definition) is 2. The number of carboxylic acid groups (broad SMARTS) is 1. The van der Waals surface area contributed by atoms with Gasteiger partial charge in [0.15, 0.2) is 5.16 Å². The third kappa shape index (κ3) is 5.24. The number of fused-ring (bicyclic) bond motifs is 1. The second kappa shape index (κ2) is 10.4. The SMILES string of the molecule is O=C(CSc1nc2ccccc2c(=O)n1-c1ccc(Br)cc1)N/N=C/c1ccccc1C(=O)O. The van der Waals surface area contributed by atoms with Crippen molar-refractivity contribution in [2.75, 3.05) is 5.75 Å². The molecule has 0 fully saturated rings. The lowest BCUT2D eigenvalue weighted by molar-refractivity contribution is -0.118. The van der Waals surface area contributed by atoms with Gasteiger partial charge in [0.1, 0.15) is 0 Å². The van der Waals surface area contributed by atoms with Crippen molar-refractivity contribution < 1.29 is 14.7 Å². The van der Waals surface area contributed by atoms with Gasteiger partial charge in [-0.25, -0.2) is 15.2 Å². The van der Waals surface area contributed by atoms with Gasteiger partial charge in [-0.3, -0.25) is 14.2 Å². The fourth-order valence-corrected chi connectivity index (χ4v) is 4.24. The number of carbonyl (C=O) groups is 2. The zero-order valence-corrected chi connectivity index (χ0v) is 19.9. The maximum Gasteiger partial charge on any atom is 0.336 e. The molecule has 1 amide bonds. The van der Waals surface area contributed by atoms with Crippen LogP contribution in [0.3, 0.4) is 0 Å². The number of para-hydroxylation sites is 1. The van der Waals surface area contributed by atoms with Crippen LogP contribution in [0.5, 0.6) is 0 Å². The van der Waals surface area contributed by atoms with Crippen molar-refractivity contribution in [2.24, 2.45) is 5.10 Å². The van der Waals surface area contributed by atoms with Crippen LogP contribution in [-0.2, 0) is 4.79 Å². The van der Waals surface area contributed by atoms with Gasteiger partial charge in [0.25, 0.3) is 11.5 Å². The molecule has 8 nitrogen and oxygen atoms in total. The van der Waals surface area contributed by atoms with Crippen molar-refractivity contribution in [1.82, 2.24) is 15.0 Å². The maximum absolute atomic E-state index is 13.2. The summed E-state index contributed by atoms with van der Waals surface area (Å²) in [5, 5.41) is 13.9. The number of carbonyl (C=O) groups excluding carboxylic acids is 1. The van der Waals surface area contributed by atoms with E-state index in [2.05, 4.69) is 31.4 Å². The minimum atomic E-state index is -1.09. The molecule has 0 saturated carbocycles. The number of benzene rings is 3. The van der Waals surface area contributed by atoms with Crippen molar-refractivity contribution in [3.63, 3.8) is 0 Å². The van der Waals surface area contributed by atoms with Crippen molar-refractivity contribution in [3.8, 4) is 5.69 Å². The standard InChI is InChI=1S/C24H17BrN4O4S/c25-16-9-11-17(12-10-16)29-22(31)19-7-3-4-8-20(19)27-24(29)34-14-21(30)28-26-13-15-5-1-2-6-18(15)23(32)33/h1-13H,14H2,(H,28,30)(H,32,33)/b26-13+. The maximum atomic E-state index is 13.2. The Balaban J connectivity index is 1.56. The van der Waals surface area contributed by atoms with E-state index < -0.39 is 11.9 Å². The number of hydrazone groups is 1. The van der Waals surface area contributed by atoms with E-state index in [1.165, 1.54) is 16.8 Å². The molecule has 1 heterocycles. The molecule has 0 atom stereocenters. The lowest BCUT2D eigenvalue weighted by atomic mass is 10.1. The Labute approximate surface area is 206 Å². The first-order valence-corrected chi connectivity index (χ1v) is 11.8. The molecule has 10 heteroatoms. The number of hydrogen-bond acceptors (Lipinski definition) is 6. The highest BCUT2D eigenvalue weighted by atomic mass is 79.9. The molecule has 0 aliphatic carbocycles. The highest BCUT2D eigenvalue weighted by Gasteiger charge is 2.15. The first-order chi connectivity index (χ1) is 16.4. The average Bonchev–Trinajstić information content (AvgIpc) is 2.84. The highest BCUT2D eigenvalue weighted by Crippen LogP contribution is 2.22. The normalized spacial score (nSPS) is 11.1. The van der Waals surface area contributed by atoms with Gasteiger partial charge in [0.2, 0.25) is 0 Å². The monoisotopic (exact) mass is 536 g/mol. The summed E-state index contributed by atoms with van der Waals surface area (Å²) in [7, 11) is 0. The Morgan fingerprint density at radius 2 is 1.76 bits per heavy atom. The van der Waals surface area contributed by atoms with Crippen LogP contribution < -0.4 is 11.0 Å². The van der Waals surface area contributed by atoms with E-state index in [0.717, 1.165) is 16.2 Å². The fourth-order valence-electron chi connectivity index (χ4n) is 3.17. The van der Waals surface area contributed by atoms with E-state index in [-0.39, 0.29) is 16.9 Å². The van der Waals surface area contributed by atoms with E-state index in [1.54, 1.807) is 54.6 Å². The number of aromatic nitrogens is 2. The van der Waals surface area contributed by atoms with Gasteiger partial charge in [-0.2, -0.15) is 5.10 Å². The first-order valence-electron chi connectivity index (χ1n) is 9.99. The molecule has 4 rings (SSSR count). The lowest BCUT2D eigenvalue weighted by Crippen LogP contribution is -2.24. The minimum Gasteiger partial charge on any atom is -0.478 e. The van der Waals surface area contributed by atoms with Crippen LogP contribution in [-0.4, -0.2) is 38.5 Å². The van der Waals surface area contributed by atoms with Crippen LogP contribution in [0.25, 0.3) is 16.6 Å². The van der Waals surface area contributed by atoms with E-state index in [0.29, 0.717) is 27.3 Å². The van der Waals surface area contributed by atoms with Crippen LogP contribution in [0.4, 0.5) is 0 Å². The zero-order chi connectivity index (χ0) is 24.1. The van der Waals surface area contributed by atoms with Crippen LogP contribution in [0.1, 0.15) is 15.9 Å². The number of thioether (sulfide) groups is 1. The predicted octanol–water partition coefficient (Wildman–Crippen LogP) is 4.09. The third-order valence-corrected chi connectivity index (χ3v) is 6.21. The molecule has 0 radical (unpaired) electrons. The molecule has 0 aliphatic heterocycles. The fraction of sp³-hybridized carbons (Fsp3) is 0.0417. The van der Waals surface area contributed by atoms with Crippen LogP contribution in [0, 0.1) is 0 Å². The number of amides is 1. The molecule has 0 aliphatic rings. The number of rotatable bonds is 7. The summed E-state index contributed by atoms with van der Waals surface area (Å²) in [6, 6.07) is 20.6. The van der Waals surface area contributed by atoms with Crippen molar-refractivity contribution in [3.05, 3.63) is 98.7 Å². The van der Waals surface area contributed by atoms with E-state index >= 15 is 0 Å². The molecule has 0 bridgehead atoms. The average molecular weight is 537 g/mol. The summed E-state index contributed by atoms with van der Waals surface area (Å²) in [6.07, 6.45) is 1.28. The Morgan fingerprint density at radius 3 is 2.53 bits per heavy atom.